The second-order valence-electron chi connectivity index (χ2n) is 5.37. The van der Waals surface area contributed by atoms with Crippen molar-refractivity contribution in [2.45, 2.75) is 44.6 Å². The summed E-state index contributed by atoms with van der Waals surface area (Å²) in [6.07, 6.45) is 6.93. The molecular weight excluding hydrogens is 216 g/mol. The lowest BCUT2D eigenvalue weighted by Crippen LogP contribution is -2.40. The van der Waals surface area contributed by atoms with E-state index in [9.17, 15) is 4.79 Å². The topological polar surface area (TPSA) is 52.6 Å². The number of aliphatic hydroxyl groups excluding tert-OH is 1. The summed E-state index contributed by atoms with van der Waals surface area (Å²) in [6.45, 7) is 2.45. The summed E-state index contributed by atoms with van der Waals surface area (Å²) in [5, 5.41) is 12.2. The van der Waals surface area contributed by atoms with Crippen molar-refractivity contribution in [1.82, 2.24) is 10.2 Å². The second-order valence-corrected chi connectivity index (χ2v) is 5.37. The summed E-state index contributed by atoms with van der Waals surface area (Å²) < 4.78 is 0. The molecule has 1 amide bonds. The van der Waals surface area contributed by atoms with Gasteiger partial charge in [0.05, 0.1) is 6.54 Å². The molecule has 0 aromatic carbocycles. The van der Waals surface area contributed by atoms with E-state index in [0.29, 0.717) is 18.5 Å². The second kappa shape index (κ2) is 6.36. The molecule has 2 rings (SSSR count). The van der Waals surface area contributed by atoms with Crippen LogP contribution in [0.3, 0.4) is 0 Å². The molecule has 2 fully saturated rings. The fraction of sp³-hybridized carbons (Fsp3) is 0.923. The fourth-order valence-corrected chi connectivity index (χ4v) is 2.95. The number of hydrogen-bond acceptors (Lipinski definition) is 3. The Balaban J connectivity index is 1.66. The first-order valence-corrected chi connectivity index (χ1v) is 6.91. The number of carbonyl (C=O) groups excluding carboxylic acids is 1. The number of nitrogens with one attached hydrogen (secondary N) is 1. The van der Waals surface area contributed by atoms with Crippen LogP contribution in [0.4, 0.5) is 0 Å². The van der Waals surface area contributed by atoms with Crippen molar-refractivity contribution < 1.29 is 9.90 Å². The van der Waals surface area contributed by atoms with E-state index < -0.39 is 0 Å². The Labute approximate surface area is 103 Å². The van der Waals surface area contributed by atoms with E-state index in [1.54, 1.807) is 0 Å². The predicted octanol–water partition coefficient (Wildman–Crippen LogP) is 0.749. The summed E-state index contributed by atoms with van der Waals surface area (Å²) in [5.41, 5.74) is 0. The standard InChI is InChI=1S/C13H24N2O2/c16-8-6-11-5-7-15(10-11)13(17)9-14-12-3-1-2-4-12/h11-12,14,16H,1-10H2. The van der Waals surface area contributed by atoms with Crippen LogP contribution in [0.1, 0.15) is 38.5 Å². The molecule has 1 atom stereocenters. The largest absolute Gasteiger partial charge is 0.396 e. The summed E-state index contributed by atoms with van der Waals surface area (Å²) >= 11 is 0. The van der Waals surface area contributed by atoms with Gasteiger partial charge >= 0.3 is 0 Å². The lowest BCUT2D eigenvalue weighted by Gasteiger charge is -2.18. The van der Waals surface area contributed by atoms with Crippen molar-refractivity contribution in [3.05, 3.63) is 0 Å². The van der Waals surface area contributed by atoms with Gasteiger partial charge in [-0.25, -0.2) is 0 Å². The smallest absolute Gasteiger partial charge is 0.236 e. The molecule has 0 aromatic heterocycles. The lowest BCUT2D eigenvalue weighted by molar-refractivity contribution is -0.129. The number of nitrogens with zero attached hydrogens (tertiary/aromatic N) is 1. The molecule has 1 aliphatic carbocycles. The highest BCUT2D eigenvalue weighted by atomic mass is 16.3. The van der Waals surface area contributed by atoms with E-state index in [2.05, 4.69) is 5.32 Å². The molecule has 1 saturated heterocycles. The minimum Gasteiger partial charge on any atom is -0.396 e. The molecule has 2 N–H and O–H groups in total. The molecule has 0 radical (unpaired) electrons. The summed E-state index contributed by atoms with van der Waals surface area (Å²) in [6, 6.07) is 0.565. The molecule has 17 heavy (non-hydrogen) atoms. The maximum Gasteiger partial charge on any atom is 0.236 e. The summed E-state index contributed by atoms with van der Waals surface area (Å²) in [5.74, 6) is 0.743. The molecule has 2 aliphatic rings. The highest BCUT2D eigenvalue weighted by molar-refractivity contribution is 5.78. The van der Waals surface area contributed by atoms with Gasteiger partial charge in [0.2, 0.25) is 5.91 Å². The van der Waals surface area contributed by atoms with Gasteiger partial charge in [0, 0.05) is 25.7 Å². The van der Waals surface area contributed by atoms with Gasteiger partial charge < -0.3 is 15.3 Å². The average molecular weight is 240 g/mol. The van der Waals surface area contributed by atoms with Gasteiger partial charge in [-0.15, -0.1) is 0 Å². The maximum absolute atomic E-state index is 12.0. The quantitative estimate of drug-likeness (QED) is 0.745. The number of rotatable bonds is 5. The maximum atomic E-state index is 12.0. The SMILES string of the molecule is O=C(CNC1CCCC1)N1CCC(CCO)C1. The molecule has 98 valence electrons. The van der Waals surface area contributed by atoms with Gasteiger partial charge in [0.1, 0.15) is 0 Å². The minimum absolute atomic E-state index is 0.234. The Morgan fingerprint density at radius 3 is 2.76 bits per heavy atom. The van der Waals surface area contributed by atoms with Crippen LogP contribution in [0.25, 0.3) is 0 Å². The van der Waals surface area contributed by atoms with E-state index in [1.807, 2.05) is 4.90 Å². The Morgan fingerprint density at radius 1 is 1.29 bits per heavy atom. The van der Waals surface area contributed by atoms with Crippen molar-refractivity contribution in [3.8, 4) is 0 Å². The Bertz CT molecular complexity index is 252. The Kier molecular flexibility index (Phi) is 4.80. The first kappa shape index (κ1) is 12.8. The monoisotopic (exact) mass is 240 g/mol. The van der Waals surface area contributed by atoms with Crippen LogP contribution in [0.5, 0.6) is 0 Å². The number of likely N-dealkylation sites (tertiary alicyclic amines) is 1. The number of carbonyl (C=O) groups is 1. The Hall–Kier alpha value is -0.610. The summed E-state index contributed by atoms with van der Waals surface area (Å²) in [4.78, 5) is 13.9. The van der Waals surface area contributed by atoms with Crippen molar-refractivity contribution in [3.63, 3.8) is 0 Å². The van der Waals surface area contributed by atoms with Crippen LogP contribution < -0.4 is 5.32 Å². The first-order valence-electron chi connectivity index (χ1n) is 6.91. The summed E-state index contributed by atoms with van der Waals surface area (Å²) in [7, 11) is 0. The predicted molar refractivity (Wildman–Crippen MR) is 66.6 cm³/mol. The molecule has 0 bridgehead atoms. The van der Waals surface area contributed by atoms with Crippen LogP contribution >= 0.6 is 0 Å². The molecular formula is C13H24N2O2. The van der Waals surface area contributed by atoms with Gasteiger partial charge in [-0.1, -0.05) is 12.8 Å². The normalized spacial score (nSPS) is 25.7. The molecule has 1 saturated carbocycles. The third kappa shape index (κ3) is 3.68. The zero-order valence-corrected chi connectivity index (χ0v) is 10.5. The van der Waals surface area contributed by atoms with Crippen LogP contribution in [0.15, 0.2) is 0 Å². The van der Waals surface area contributed by atoms with E-state index in [4.69, 9.17) is 5.11 Å². The average Bonchev–Trinajstić information content (AvgIpc) is 2.97. The molecule has 4 nitrogen and oxygen atoms in total. The fourth-order valence-electron chi connectivity index (χ4n) is 2.95. The van der Waals surface area contributed by atoms with Gasteiger partial charge in [0.15, 0.2) is 0 Å². The van der Waals surface area contributed by atoms with Crippen LogP contribution in [0.2, 0.25) is 0 Å². The molecule has 4 heteroatoms. The minimum atomic E-state index is 0.234. The molecule has 1 heterocycles. The van der Waals surface area contributed by atoms with E-state index >= 15 is 0 Å². The molecule has 0 spiro atoms. The number of amides is 1. The van der Waals surface area contributed by atoms with Crippen molar-refractivity contribution in [2.24, 2.45) is 5.92 Å². The van der Waals surface area contributed by atoms with Gasteiger partial charge in [-0.2, -0.15) is 0 Å². The number of aliphatic hydroxyl groups is 1. The van der Waals surface area contributed by atoms with Gasteiger partial charge in [0.25, 0.3) is 0 Å². The molecule has 0 aromatic rings. The third-order valence-corrected chi connectivity index (χ3v) is 4.07. The molecule has 1 aliphatic heterocycles. The van der Waals surface area contributed by atoms with E-state index in [1.165, 1.54) is 25.7 Å². The lowest BCUT2D eigenvalue weighted by atomic mass is 10.1. The van der Waals surface area contributed by atoms with Crippen LogP contribution in [-0.2, 0) is 4.79 Å². The highest BCUT2D eigenvalue weighted by Gasteiger charge is 2.26. The van der Waals surface area contributed by atoms with Crippen LogP contribution in [-0.4, -0.2) is 48.2 Å². The third-order valence-electron chi connectivity index (χ3n) is 4.07. The molecule has 1 unspecified atom stereocenters. The zero-order valence-electron chi connectivity index (χ0n) is 10.5. The van der Waals surface area contributed by atoms with Crippen molar-refractivity contribution >= 4 is 5.91 Å². The first-order chi connectivity index (χ1) is 8.29. The number of hydrogen-bond donors (Lipinski definition) is 2. The van der Waals surface area contributed by atoms with Gasteiger partial charge in [-0.3, -0.25) is 4.79 Å². The highest BCUT2D eigenvalue weighted by Crippen LogP contribution is 2.20. The van der Waals surface area contributed by atoms with E-state index in [0.717, 1.165) is 25.9 Å². The van der Waals surface area contributed by atoms with Gasteiger partial charge in [-0.05, 0) is 31.6 Å². The Morgan fingerprint density at radius 2 is 2.06 bits per heavy atom. The van der Waals surface area contributed by atoms with E-state index in [-0.39, 0.29) is 12.5 Å². The van der Waals surface area contributed by atoms with Crippen molar-refractivity contribution in [2.75, 3.05) is 26.2 Å². The van der Waals surface area contributed by atoms with Crippen molar-refractivity contribution in [1.29, 1.82) is 0 Å². The van der Waals surface area contributed by atoms with Crippen LogP contribution in [0, 0.1) is 5.92 Å². The zero-order chi connectivity index (χ0) is 12.1.